The largest absolute Gasteiger partial charge is 0.354 e. The molecular weight excluding hydrogens is 578 g/mol. The van der Waals surface area contributed by atoms with E-state index in [1.165, 1.54) is 17.0 Å². The number of halogens is 1. The van der Waals surface area contributed by atoms with Gasteiger partial charge in [-0.2, -0.15) is 0 Å². The van der Waals surface area contributed by atoms with E-state index in [-0.39, 0.29) is 17.3 Å². The Morgan fingerprint density at radius 3 is 2.31 bits per heavy atom. The number of rotatable bonds is 12. The van der Waals surface area contributed by atoms with Crippen LogP contribution in [-0.2, 0) is 26.2 Å². The molecule has 2 amide bonds. The van der Waals surface area contributed by atoms with E-state index in [0.29, 0.717) is 16.7 Å². The van der Waals surface area contributed by atoms with Crippen LogP contribution in [0.25, 0.3) is 0 Å². The Kier molecular flexibility index (Phi) is 10.7. The van der Waals surface area contributed by atoms with Crippen LogP contribution in [0.5, 0.6) is 0 Å². The maximum absolute atomic E-state index is 14.0. The maximum atomic E-state index is 14.0. The van der Waals surface area contributed by atoms with Crippen LogP contribution in [0, 0.1) is 13.8 Å². The van der Waals surface area contributed by atoms with Gasteiger partial charge in [-0.3, -0.25) is 13.9 Å². The molecule has 0 bridgehead atoms. The third-order valence-electron chi connectivity index (χ3n) is 6.58. The van der Waals surface area contributed by atoms with Gasteiger partial charge in [0.2, 0.25) is 11.8 Å². The van der Waals surface area contributed by atoms with E-state index >= 15 is 0 Å². The monoisotopic (exact) mass is 613 g/mol. The van der Waals surface area contributed by atoms with Crippen LogP contribution >= 0.6 is 15.9 Å². The third-order valence-corrected chi connectivity index (χ3v) is 8.86. The van der Waals surface area contributed by atoms with Gasteiger partial charge in [0.15, 0.2) is 0 Å². The van der Waals surface area contributed by atoms with Crippen LogP contribution in [0.1, 0.15) is 43.4 Å². The number of carbonyl (C=O) groups excluding carboxylic acids is 2. The zero-order chi connectivity index (χ0) is 28.6. The van der Waals surface area contributed by atoms with Crippen LogP contribution < -0.4 is 9.62 Å². The van der Waals surface area contributed by atoms with Crippen molar-refractivity contribution in [2.24, 2.45) is 0 Å². The Balaban J connectivity index is 2.01. The molecule has 0 saturated carbocycles. The summed E-state index contributed by atoms with van der Waals surface area (Å²) in [5.41, 5.74) is 3.13. The van der Waals surface area contributed by atoms with Crippen LogP contribution in [0.15, 0.2) is 82.2 Å². The number of hydrogen-bond acceptors (Lipinski definition) is 4. The first-order valence-corrected chi connectivity index (χ1v) is 15.2. The highest BCUT2D eigenvalue weighted by atomic mass is 79.9. The Hall–Kier alpha value is -3.17. The number of hydrogen-bond donors (Lipinski definition) is 1. The molecule has 0 aliphatic heterocycles. The first kappa shape index (κ1) is 30.4. The standard InChI is InChI=1S/C30H36BrN3O4S/c1-5-6-18-32-30(36)24(4)33(20-25-11-8-7-10-23(25)3)29(35)21-34(27-13-9-12-26(31)19-27)39(37,38)28-16-14-22(2)15-17-28/h7-17,19,24H,5-6,18,20-21H2,1-4H3,(H,32,36)/t24-/m0/s1. The minimum absolute atomic E-state index is 0.0803. The summed E-state index contributed by atoms with van der Waals surface area (Å²) in [4.78, 5) is 28.5. The second-order valence-electron chi connectivity index (χ2n) is 9.57. The number of aryl methyl sites for hydroxylation is 2. The number of nitrogens with one attached hydrogen (secondary N) is 1. The summed E-state index contributed by atoms with van der Waals surface area (Å²) < 4.78 is 29.5. The summed E-state index contributed by atoms with van der Waals surface area (Å²) in [6.45, 7) is 7.75. The van der Waals surface area contributed by atoms with Crippen molar-refractivity contribution >= 4 is 43.5 Å². The lowest BCUT2D eigenvalue weighted by molar-refractivity contribution is -0.139. The fraction of sp³-hybridized carbons (Fsp3) is 0.333. The maximum Gasteiger partial charge on any atom is 0.264 e. The highest BCUT2D eigenvalue weighted by Gasteiger charge is 2.32. The van der Waals surface area contributed by atoms with Gasteiger partial charge in [-0.1, -0.05) is 77.3 Å². The van der Waals surface area contributed by atoms with Crippen molar-refractivity contribution in [2.75, 3.05) is 17.4 Å². The van der Waals surface area contributed by atoms with Crippen LogP contribution in [0.2, 0.25) is 0 Å². The third kappa shape index (κ3) is 7.92. The molecule has 1 N–H and O–H groups in total. The quantitative estimate of drug-likeness (QED) is 0.270. The van der Waals surface area contributed by atoms with Crippen molar-refractivity contribution in [3.8, 4) is 0 Å². The lowest BCUT2D eigenvalue weighted by Gasteiger charge is -2.32. The number of amides is 2. The first-order valence-electron chi connectivity index (χ1n) is 13.0. The summed E-state index contributed by atoms with van der Waals surface area (Å²) >= 11 is 3.41. The van der Waals surface area contributed by atoms with Gasteiger partial charge in [-0.05, 0) is 68.7 Å². The summed E-state index contributed by atoms with van der Waals surface area (Å²) in [5.74, 6) is -0.757. The van der Waals surface area contributed by atoms with Crippen LogP contribution in [0.4, 0.5) is 5.69 Å². The fourth-order valence-electron chi connectivity index (χ4n) is 4.09. The normalized spacial score (nSPS) is 12.0. The van der Waals surface area contributed by atoms with Crippen molar-refractivity contribution in [3.05, 3.63) is 94.0 Å². The first-order chi connectivity index (χ1) is 18.5. The molecule has 3 rings (SSSR count). The van der Waals surface area contributed by atoms with E-state index in [4.69, 9.17) is 0 Å². The number of nitrogens with zero attached hydrogens (tertiary/aromatic N) is 2. The van der Waals surface area contributed by atoms with Crippen molar-refractivity contribution in [2.45, 2.75) is 58.0 Å². The van der Waals surface area contributed by atoms with E-state index < -0.39 is 28.5 Å². The van der Waals surface area contributed by atoms with Gasteiger partial charge in [0, 0.05) is 17.6 Å². The molecule has 0 aliphatic rings. The topological polar surface area (TPSA) is 86.8 Å². The van der Waals surface area contributed by atoms with Gasteiger partial charge < -0.3 is 10.2 Å². The predicted molar refractivity (Wildman–Crippen MR) is 159 cm³/mol. The molecule has 0 spiro atoms. The summed E-state index contributed by atoms with van der Waals surface area (Å²) in [7, 11) is -4.10. The van der Waals surface area contributed by atoms with Gasteiger partial charge in [0.05, 0.1) is 10.6 Å². The minimum atomic E-state index is -4.10. The molecule has 7 nitrogen and oxygen atoms in total. The molecule has 0 aliphatic carbocycles. The Morgan fingerprint density at radius 1 is 0.974 bits per heavy atom. The number of sulfonamides is 1. The lowest BCUT2D eigenvalue weighted by Crippen LogP contribution is -2.51. The summed E-state index contributed by atoms with van der Waals surface area (Å²) in [6, 6.07) is 20.2. The summed E-state index contributed by atoms with van der Waals surface area (Å²) in [5, 5.41) is 2.90. The molecule has 0 aromatic heterocycles. The smallest absolute Gasteiger partial charge is 0.264 e. The number of unbranched alkanes of at least 4 members (excludes halogenated alkanes) is 1. The average molecular weight is 615 g/mol. The number of benzene rings is 3. The molecule has 0 fully saturated rings. The van der Waals surface area contributed by atoms with E-state index in [9.17, 15) is 18.0 Å². The Labute approximate surface area is 240 Å². The van der Waals surface area contributed by atoms with Crippen LogP contribution in [0.3, 0.4) is 0 Å². The van der Waals surface area contributed by atoms with E-state index in [2.05, 4.69) is 21.2 Å². The predicted octanol–water partition coefficient (Wildman–Crippen LogP) is 5.59. The molecule has 3 aromatic carbocycles. The second-order valence-corrected chi connectivity index (χ2v) is 12.4. The molecule has 0 unspecified atom stereocenters. The molecule has 0 radical (unpaired) electrons. The Morgan fingerprint density at radius 2 is 1.67 bits per heavy atom. The number of carbonyl (C=O) groups is 2. The zero-order valence-electron chi connectivity index (χ0n) is 22.9. The number of anilines is 1. The summed E-state index contributed by atoms with van der Waals surface area (Å²) in [6.07, 6.45) is 1.76. The molecular formula is C30H36BrN3O4S. The highest BCUT2D eigenvalue weighted by Crippen LogP contribution is 2.27. The van der Waals surface area contributed by atoms with E-state index in [1.807, 2.05) is 45.0 Å². The minimum Gasteiger partial charge on any atom is -0.354 e. The molecule has 9 heteroatoms. The SMILES string of the molecule is CCCCNC(=O)[C@H](C)N(Cc1ccccc1C)C(=O)CN(c1cccc(Br)c1)S(=O)(=O)c1ccc(C)cc1. The van der Waals surface area contributed by atoms with Gasteiger partial charge in [-0.25, -0.2) is 8.42 Å². The van der Waals surface area contributed by atoms with Gasteiger partial charge in [0.25, 0.3) is 10.0 Å². The van der Waals surface area contributed by atoms with Gasteiger partial charge in [-0.15, -0.1) is 0 Å². The molecule has 3 aromatic rings. The molecule has 39 heavy (non-hydrogen) atoms. The van der Waals surface area contributed by atoms with E-state index in [0.717, 1.165) is 33.8 Å². The molecule has 208 valence electrons. The molecule has 1 atom stereocenters. The Bertz CT molecular complexity index is 1390. The lowest BCUT2D eigenvalue weighted by atomic mass is 10.1. The fourth-order valence-corrected chi connectivity index (χ4v) is 5.88. The van der Waals surface area contributed by atoms with Crippen molar-refractivity contribution in [3.63, 3.8) is 0 Å². The van der Waals surface area contributed by atoms with Gasteiger partial charge in [0.1, 0.15) is 12.6 Å². The van der Waals surface area contributed by atoms with Crippen molar-refractivity contribution < 1.29 is 18.0 Å². The highest BCUT2D eigenvalue weighted by molar-refractivity contribution is 9.10. The second kappa shape index (κ2) is 13.8. The average Bonchev–Trinajstić information content (AvgIpc) is 2.91. The van der Waals surface area contributed by atoms with Gasteiger partial charge >= 0.3 is 0 Å². The van der Waals surface area contributed by atoms with Crippen LogP contribution in [-0.4, -0.2) is 44.3 Å². The van der Waals surface area contributed by atoms with Crippen molar-refractivity contribution in [1.82, 2.24) is 10.2 Å². The zero-order valence-corrected chi connectivity index (χ0v) is 25.3. The molecule has 0 saturated heterocycles. The van der Waals surface area contributed by atoms with Crippen molar-refractivity contribution in [1.29, 1.82) is 0 Å². The van der Waals surface area contributed by atoms with E-state index in [1.54, 1.807) is 43.3 Å². The molecule has 0 heterocycles.